The highest BCUT2D eigenvalue weighted by Crippen LogP contribution is 2.09. The first kappa shape index (κ1) is 12.6. The third-order valence-corrected chi connectivity index (χ3v) is 3.17. The summed E-state index contributed by atoms with van der Waals surface area (Å²) in [5, 5.41) is 2.74. The van der Waals surface area contributed by atoms with Crippen LogP contribution < -0.4 is 5.32 Å². The van der Waals surface area contributed by atoms with Gasteiger partial charge in [0.2, 0.25) is 5.91 Å². The van der Waals surface area contributed by atoms with Gasteiger partial charge < -0.3 is 10.2 Å². The van der Waals surface area contributed by atoms with Crippen LogP contribution in [0.3, 0.4) is 0 Å². The van der Waals surface area contributed by atoms with Crippen molar-refractivity contribution in [1.82, 2.24) is 10.2 Å². The summed E-state index contributed by atoms with van der Waals surface area (Å²) >= 11 is 0. The van der Waals surface area contributed by atoms with E-state index in [-0.39, 0.29) is 11.8 Å². The average Bonchev–Trinajstić information content (AvgIpc) is 2.92. The molecular formula is C14H18N2O2. The average molecular weight is 246 g/mol. The van der Waals surface area contributed by atoms with Crippen LogP contribution in [0.2, 0.25) is 0 Å². The summed E-state index contributed by atoms with van der Waals surface area (Å²) in [4.78, 5) is 25.7. The van der Waals surface area contributed by atoms with E-state index in [4.69, 9.17) is 0 Å². The van der Waals surface area contributed by atoms with Crippen LogP contribution in [0.15, 0.2) is 30.3 Å². The van der Waals surface area contributed by atoms with Crippen molar-refractivity contribution in [3.05, 3.63) is 35.9 Å². The van der Waals surface area contributed by atoms with E-state index in [1.807, 2.05) is 23.1 Å². The SMILES string of the molecule is C[C@H](NC(=O)c1ccccc1)C(=O)N1CCCC1. The van der Waals surface area contributed by atoms with Crippen molar-refractivity contribution >= 4 is 11.8 Å². The molecule has 1 N–H and O–H groups in total. The second-order valence-corrected chi connectivity index (χ2v) is 4.59. The molecule has 0 spiro atoms. The van der Waals surface area contributed by atoms with E-state index >= 15 is 0 Å². The van der Waals surface area contributed by atoms with Crippen molar-refractivity contribution in [1.29, 1.82) is 0 Å². The Kier molecular flexibility index (Phi) is 3.97. The van der Waals surface area contributed by atoms with Gasteiger partial charge in [-0.3, -0.25) is 9.59 Å². The Morgan fingerprint density at radius 2 is 1.78 bits per heavy atom. The number of hydrogen-bond acceptors (Lipinski definition) is 2. The molecule has 1 saturated heterocycles. The molecular weight excluding hydrogens is 228 g/mol. The molecule has 1 aliphatic rings. The maximum Gasteiger partial charge on any atom is 0.251 e. The predicted octanol–water partition coefficient (Wildman–Crippen LogP) is 1.43. The van der Waals surface area contributed by atoms with Crippen molar-refractivity contribution in [3.63, 3.8) is 0 Å². The number of nitrogens with one attached hydrogen (secondary N) is 1. The molecule has 1 fully saturated rings. The molecule has 1 atom stereocenters. The van der Waals surface area contributed by atoms with Gasteiger partial charge in [-0.2, -0.15) is 0 Å². The number of benzene rings is 1. The largest absolute Gasteiger partial charge is 0.341 e. The highest BCUT2D eigenvalue weighted by Gasteiger charge is 2.24. The molecule has 1 aromatic rings. The molecule has 18 heavy (non-hydrogen) atoms. The molecule has 0 aromatic heterocycles. The molecule has 1 aromatic carbocycles. The van der Waals surface area contributed by atoms with Gasteiger partial charge in [-0.25, -0.2) is 0 Å². The van der Waals surface area contributed by atoms with Crippen LogP contribution in [0.25, 0.3) is 0 Å². The first-order chi connectivity index (χ1) is 8.68. The second-order valence-electron chi connectivity index (χ2n) is 4.59. The summed E-state index contributed by atoms with van der Waals surface area (Å²) < 4.78 is 0. The van der Waals surface area contributed by atoms with Crippen LogP contribution in [-0.2, 0) is 4.79 Å². The molecule has 0 saturated carbocycles. The number of carbonyl (C=O) groups is 2. The molecule has 0 unspecified atom stereocenters. The lowest BCUT2D eigenvalue weighted by molar-refractivity contribution is -0.131. The summed E-state index contributed by atoms with van der Waals surface area (Å²) in [6, 6.07) is 8.49. The Morgan fingerprint density at radius 1 is 1.17 bits per heavy atom. The lowest BCUT2D eigenvalue weighted by Crippen LogP contribution is -2.45. The van der Waals surface area contributed by atoms with Crippen LogP contribution in [0.4, 0.5) is 0 Å². The molecule has 0 aliphatic carbocycles. The molecule has 4 heteroatoms. The molecule has 2 rings (SSSR count). The van der Waals surface area contributed by atoms with E-state index in [2.05, 4.69) is 5.32 Å². The number of hydrogen-bond donors (Lipinski definition) is 1. The third-order valence-electron chi connectivity index (χ3n) is 3.17. The van der Waals surface area contributed by atoms with Gasteiger partial charge in [-0.15, -0.1) is 0 Å². The minimum Gasteiger partial charge on any atom is -0.341 e. The lowest BCUT2D eigenvalue weighted by atomic mass is 10.2. The van der Waals surface area contributed by atoms with E-state index in [0.717, 1.165) is 25.9 Å². The molecule has 2 amide bonds. The van der Waals surface area contributed by atoms with Crippen LogP contribution in [-0.4, -0.2) is 35.8 Å². The summed E-state index contributed by atoms with van der Waals surface area (Å²) in [5.74, 6) is -0.188. The molecule has 0 radical (unpaired) electrons. The number of carbonyl (C=O) groups excluding carboxylic acids is 2. The molecule has 0 bridgehead atoms. The maximum absolute atomic E-state index is 12.0. The van der Waals surface area contributed by atoms with Gasteiger partial charge in [0.25, 0.3) is 5.91 Å². The Hall–Kier alpha value is -1.84. The molecule has 4 nitrogen and oxygen atoms in total. The first-order valence-corrected chi connectivity index (χ1v) is 6.33. The van der Waals surface area contributed by atoms with E-state index in [1.165, 1.54) is 0 Å². The lowest BCUT2D eigenvalue weighted by Gasteiger charge is -2.21. The normalized spacial score (nSPS) is 16.4. The summed E-state index contributed by atoms with van der Waals surface area (Å²) in [7, 11) is 0. The van der Waals surface area contributed by atoms with Crippen molar-refractivity contribution in [2.24, 2.45) is 0 Å². The van der Waals surface area contributed by atoms with Gasteiger partial charge in [0.1, 0.15) is 6.04 Å². The number of nitrogens with zero attached hydrogens (tertiary/aromatic N) is 1. The number of likely N-dealkylation sites (tertiary alicyclic amines) is 1. The fourth-order valence-electron chi connectivity index (χ4n) is 2.14. The third kappa shape index (κ3) is 2.88. The first-order valence-electron chi connectivity index (χ1n) is 6.33. The zero-order valence-corrected chi connectivity index (χ0v) is 10.6. The Labute approximate surface area is 107 Å². The minimum atomic E-state index is -0.462. The van der Waals surface area contributed by atoms with Gasteiger partial charge in [-0.05, 0) is 31.9 Å². The van der Waals surface area contributed by atoms with Gasteiger partial charge in [0.05, 0.1) is 0 Å². The van der Waals surface area contributed by atoms with Crippen LogP contribution in [0, 0.1) is 0 Å². The van der Waals surface area contributed by atoms with Crippen molar-refractivity contribution in [2.45, 2.75) is 25.8 Å². The molecule has 1 aliphatic heterocycles. The van der Waals surface area contributed by atoms with E-state index < -0.39 is 6.04 Å². The zero-order valence-electron chi connectivity index (χ0n) is 10.6. The van der Waals surface area contributed by atoms with Crippen LogP contribution in [0.1, 0.15) is 30.1 Å². The second kappa shape index (κ2) is 5.67. The molecule has 96 valence electrons. The van der Waals surface area contributed by atoms with Gasteiger partial charge in [0, 0.05) is 18.7 Å². The standard InChI is InChI=1S/C14H18N2O2/c1-11(14(18)16-9-5-6-10-16)15-13(17)12-7-3-2-4-8-12/h2-4,7-8,11H,5-6,9-10H2,1H3,(H,15,17)/t11-/m0/s1. The molecule has 1 heterocycles. The van der Waals surface area contributed by atoms with E-state index in [9.17, 15) is 9.59 Å². The van der Waals surface area contributed by atoms with Crippen LogP contribution >= 0.6 is 0 Å². The maximum atomic E-state index is 12.0. The Morgan fingerprint density at radius 3 is 2.39 bits per heavy atom. The van der Waals surface area contributed by atoms with Gasteiger partial charge >= 0.3 is 0 Å². The van der Waals surface area contributed by atoms with Crippen molar-refractivity contribution in [3.8, 4) is 0 Å². The van der Waals surface area contributed by atoms with E-state index in [1.54, 1.807) is 19.1 Å². The van der Waals surface area contributed by atoms with Gasteiger partial charge in [0.15, 0.2) is 0 Å². The van der Waals surface area contributed by atoms with Crippen molar-refractivity contribution < 1.29 is 9.59 Å². The summed E-state index contributed by atoms with van der Waals surface area (Å²) in [5.41, 5.74) is 0.582. The highest BCUT2D eigenvalue weighted by atomic mass is 16.2. The van der Waals surface area contributed by atoms with Crippen molar-refractivity contribution in [2.75, 3.05) is 13.1 Å². The predicted molar refractivity (Wildman–Crippen MR) is 69.2 cm³/mol. The smallest absolute Gasteiger partial charge is 0.251 e. The fourth-order valence-corrected chi connectivity index (χ4v) is 2.14. The topological polar surface area (TPSA) is 49.4 Å². The summed E-state index contributed by atoms with van der Waals surface area (Å²) in [6.45, 7) is 3.36. The Bertz CT molecular complexity index is 425. The Balaban J connectivity index is 1.92. The van der Waals surface area contributed by atoms with E-state index in [0.29, 0.717) is 5.56 Å². The zero-order chi connectivity index (χ0) is 13.0. The summed E-state index contributed by atoms with van der Waals surface area (Å²) in [6.07, 6.45) is 2.12. The number of rotatable bonds is 3. The quantitative estimate of drug-likeness (QED) is 0.877. The number of amides is 2. The fraction of sp³-hybridized carbons (Fsp3) is 0.429. The monoisotopic (exact) mass is 246 g/mol. The van der Waals surface area contributed by atoms with Crippen LogP contribution in [0.5, 0.6) is 0 Å². The van der Waals surface area contributed by atoms with Gasteiger partial charge in [-0.1, -0.05) is 18.2 Å². The highest BCUT2D eigenvalue weighted by molar-refractivity contribution is 5.97. The minimum absolute atomic E-state index is 0.0109.